The number of fused-ring (bicyclic) bond motifs is 2. The molecule has 0 N–H and O–H groups in total. The van der Waals surface area contributed by atoms with E-state index in [9.17, 15) is 13.2 Å². The molecule has 0 spiro atoms. The van der Waals surface area contributed by atoms with Gasteiger partial charge in [-0.1, -0.05) is 0 Å². The Morgan fingerprint density at radius 2 is 2.29 bits per heavy atom. The van der Waals surface area contributed by atoms with Crippen molar-refractivity contribution in [2.75, 3.05) is 18.8 Å². The SMILES string of the molecule is O=C(Cc1cn2ccsc2n1)N1C[C@@H]2CCS(=O)(=O)[C@@H]2C1. The van der Waals surface area contributed by atoms with E-state index in [-0.39, 0.29) is 29.2 Å². The molecule has 112 valence electrons. The van der Waals surface area contributed by atoms with Crippen molar-refractivity contribution < 1.29 is 13.2 Å². The predicted molar refractivity (Wildman–Crippen MR) is 79.0 cm³/mol. The van der Waals surface area contributed by atoms with Gasteiger partial charge < -0.3 is 4.90 Å². The summed E-state index contributed by atoms with van der Waals surface area (Å²) >= 11 is 1.53. The van der Waals surface area contributed by atoms with Crippen molar-refractivity contribution >= 4 is 32.0 Å². The first-order valence-corrected chi connectivity index (χ1v) is 9.53. The molecule has 2 fully saturated rings. The number of aromatic nitrogens is 2. The Hall–Kier alpha value is -1.41. The van der Waals surface area contributed by atoms with Crippen LogP contribution in [0, 0.1) is 5.92 Å². The fourth-order valence-electron chi connectivity index (χ4n) is 3.32. The highest BCUT2D eigenvalue weighted by Crippen LogP contribution is 2.33. The van der Waals surface area contributed by atoms with Gasteiger partial charge in [-0.15, -0.1) is 11.3 Å². The van der Waals surface area contributed by atoms with Crippen molar-refractivity contribution in [2.45, 2.75) is 18.1 Å². The summed E-state index contributed by atoms with van der Waals surface area (Å²) in [4.78, 5) is 19.3. The molecule has 4 rings (SSSR count). The Labute approximate surface area is 126 Å². The van der Waals surface area contributed by atoms with Crippen LogP contribution in [0.15, 0.2) is 17.8 Å². The van der Waals surface area contributed by atoms with Crippen molar-refractivity contribution in [1.29, 1.82) is 0 Å². The molecule has 1 amide bonds. The van der Waals surface area contributed by atoms with Crippen LogP contribution in [0.3, 0.4) is 0 Å². The molecular formula is C13H15N3O3S2. The van der Waals surface area contributed by atoms with Crippen LogP contribution in [0.4, 0.5) is 0 Å². The molecule has 21 heavy (non-hydrogen) atoms. The Balaban J connectivity index is 1.48. The van der Waals surface area contributed by atoms with Crippen LogP contribution in [0.2, 0.25) is 0 Å². The number of thiazole rings is 1. The van der Waals surface area contributed by atoms with Crippen LogP contribution < -0.4 is 0 Å². The van der Waals surface area contributed by atoms with Gasteiger partial charge in [0.2, 0.25) is 5.91 Å². The number of carbonyl (C=O) groups excluding carboxylic acids is 1. The van der Waals surface area contributed by atoms with Crippen molar-refractivity contribution in [2.24, 2.45) is 5.92 Å². The molecule has 2 atom stereocenters. The van der Waals surface area contributed by atoms with Gasteiger partial charge in [0.05, 0.1) is 23.1 Å². The molecule has 4 heterocycles. The van der Waals surface area contributed by atoms with Crippen LogP contribution in [-0.4, -0.2) is 52.7 Å². The third kappa shape index (κ3) is 2.17. The first-order chi connectivity index (χ1) is 10.0. The maximum absolute atomic E-state index is 12.3. The fraction of sp³-hybridized carbons (Fsp3) is 0.538. The zero-order valence-electron chi connectivity index (χ0n) is 11.3. The number of likely N-dealkylation sites (tertiary alicyclic amines) is 1. The first-order valence-electron chi connectivity index (χ1n) is 6.93. The van der Waals surface area contributed by atoms with Gasteiger partial charge in [-0.2, -0.15) is 0 Å². The Morgan fingerprint density at radius 1 is 1.43 bits per heavy atom. The molecule has 2 aromatic rings. The highest BCUT2D eigenvalue weighted by molar-refractivity contribution is 7.92. The fourth-order valence-corrected chi connectivity index (χ4v) is 6.19. The van der Waals surface area contributed by atoms with Gasteiger partial charge in [-0.05, 0) is 12.3 Å². The summed E-state index contributed by atoms with van der Waals surface area (Å²) in [5, 5.41) is 1.60. The van der Waals surface area contributed by atoms with E-state index in [2.05, 4.69) is 4.98 Å². The van der Waals surface area contributed by atoms with Crippen molar-refractivity contribution in [3.05, 3.63) is 23.5 Å². The van der Waals surface area contributed by atoms with Gasteiger partial charge >= 0.3 is 0 Å². The predicted octanol–water partition coefficient (Wildman–Crippen LogP) is 0.584. The summed E-state index contributed by atoms with van der Waals surface area (Å²) < 4.78 is 25.7. The van der Waals surface area contributed by atoms with Crippen molar-refractivity contribution in [1.82, 2.24) is 14.3 Å². The van der Waals surface area contributed by atoms with E-state index in [0.717, 1.165) is 10.7 Å². The summed E-state index contributed by atoms with van der Waals surface area (Å²) in [5.74, 6) is 0.386. The lowest BCUT2D eigenvalue weighted by Gasteiger charge is -2.16. The lowest BCUT2D eigenvalue weighted by atomic mass is 10.1. The molecule has 2 aliphatic heterocycles. The normalized spacial score (nSPS) is 27.3. The Bertz CT molecular complexity index is 779. The molecule has 2 saturated heterocycles. The highest BCUT2D eigenvalue weighted by Gasteiger charge is 2.47. The second kappa shape index (κ2) is 4.54. The number of sulfone groups is 1. The van der Waals surface area contributed by atoms with Gasteiger partial charge in [0.1, 0.15) is 0 Å². The third-order valence-corrected chi connectivity index (χ3v) is 7.48. The summed E-state index contributed by atoms with van der Waals surface area (Å²) in [6.45, 7) is 0.930. The number of hydrogen-bond acceptors (Lipinski definition) is 5. The van der Waals surface area contributed by atoms with E-state index < -0.39 is 9.84 Å². The summed E-state index contributed by atoms with van der Waals surface area (Å²) in [6.07, 6.45) is 4.70. The minimum absolute atomic E-state index is 0.0228. The topological polar surface area (TPSA) is 71.8 Å². The molecule has 0 unspecified atom stereocenters. The smallest absolute Gasteiger partial charge is 0.228 e. The minimum atomic E-state index is -2.99. The van der Waals surface area contributed by atoms with E-state index in [0.29, 0.717) is 19.5 Å². The van der Waals surface area contributed by atoms with Gasteiger partial charge in [0, 0.05) is 30.9 Å². The van der Waals surface area contributed by atoms with Crippen LogP contribution in [0.5, 0.6) is 0 Å². The average molecular weight is 325 g/mol. The molecule has 2 aliphatic rings. The standard InChI is InChI=1S/C13H15N3O3S2/c17-12(5-10-7-15-2-3-20-13(15)14-10)16-6-9-1-4-21(18,19)11(9)8-16/h2-3,7,9,11H,1,4-6,8H2/t9-,11+/m0/s1. The summed E-state index contributed by atoms with van der Waals surface area (Å²) in [6, 6.07) is 0. The van der Waals surface area contributed by atoms with Crippen molar-refractivity contribution in [3.8, 4) is 0 Å². The van der Waals surface area contributed by atoms with Crippen LogP contribution in [-0.2, 0) is 21.1 Å². The van der Waals surface area contributed by atoms with E-state index in [1.165, 1.54) is 11.3 Å². The van der Waals surface area contributed by atoms with Crippen LogP contribution in [0.1, 0.15) is 12.1 Å². The van der Waals surface area contributed by atoms with E-state index in [1.807, 2.05) is 22.2 Å². The first kappa shape index (κ1) is 13.3. The maximum atomic E-state index is 12.3. The molecule has 6 nitrogen and oxygen atoms in total. The Kier molecular flexibility index (Phi) is 2.87. The zero-order valence-corrected chi connectivity index (χ0v) is 12.9. The zero-order chi connectivity index (χ0) is 14.6. The summed E-state index contributed by atoms with van der Waals surface area (Å²) in [7, 11) is -2.99. The number of hydrogen-bond donors (Lipinski definition) is 0. The molecule has 0 radical (unpaired) electrons. The molecule has 2 aromatic heterocycles. The van der Waals surface area contributed by atoms with Gasteiger partial charge in [0.15, 0.2) is 14.8 Å². The lowest BCUT2D eigenvalue weighted by Crippen LogP contribution is -2.33. The van der Waals surface area contributed by atoms with Gasteiger partial charge in [0.25, 0.3) is 0 Å². The largest absolute Gasteiger partial charge is 0.341 e. The molecule has 8 heteroatoms. The average Bonchev–Trinajstić information content (AvgIpc) is 3.11. The van der Waals surface area contributed by atoms with E-state index in [4.69, 9.17) is 0 Å². The molecule has 0 saturated carbocycles. The number of imidazole rings is 1. The minimum Gasteiger partial charge on any atom is -0.341 e. The van der Waals surface area contributed by atoms with Gasteiger partial charge in [-0.25, -0.2) is 13.4 Å². The highest BCUT2D eigenvalue weighted by atomic mass is 32.2. The number of amides is 1. The third-order valence-electron chi connectivity index (χ3n) is 4.44. The molecular weight excluding hydrogens is 310 g/mol. The second-order valence-corrected chi connectivity index (χ2v) is 8.97. The number of rotatable bonds is 2. The summed E-state index contributed by atoms with van der Waals surface area (Å²) in [5.41, 5.74) is 0.742. The number of nitrogens with zero attached hydrogens (tertiary/aromatic N) is 3. The van der Waals surface area contributed by atoms with Crippen LogP contribution in [0.25, 0.3) is 4.96 Å². The Morgan fingerprint density at radius 3 is 3.05 bits per heavy atom. The van der Waals surface area contributed by atoms with Crippen LogP contribution >= 0.6 is 11.3 Å². The second-order valence-electron chi connectivity index (χ2n) is 5.75. The number of carbonyl (C=O) groups is 1. The van der Waals surface area contributed by atoms with Gasteiger partial charge in [-0.3, -0.25) is 9.20 Å². The van der Waals surface area contributed by atoms with E-state index in [1.54, 1.807) is 4.90 Å². The lowest BCUT2D eigenvalue weighted by molar-refractivity contribution is -0.129. The maximum Gasteiger partial charge on any atom is 0.228 e. The monoisotopic (exact) mass is 325 g/mol. The quantitative estimate of drug-likeness (QED) is 0.810. The molecule has 0 aromatic carbocycles. The van der Waals surface area contributed by atoms with E-state index >= 15 is 0 Å². The molecule has 0 bridgehead atoms. The van der Waals surface area contributed by atoms with Crippen molar-refractivity contribution in [3.63, 3.8) is 0 Å². The molecule has 0 aliphatic carbocycles.